The third-order valence-electron chi connectivity index (χ3n) is 3.01. The molecular formula is C17H19N3O4S. The number of esters is 1. The summed E-state index contributed by atoms with van der Waals surface area (Å²) >= 11 is 1.20. The van der Waals surface area contributed by atoms with E-state index < -0.39 is 24.5 Å². The number of carbonyl (C=O) groups excluding carboxylic acids is 3. The lowest BCUT2D eigenvalue weighted by atomic mass is 10.2. The molecule has 0 bridgehead atoms. The smallest absolute Gasteiger partial charge is 0.350 e. The largest absolute Gasteiger partial charge is 0.451 e. The molecule has 3 amide bonds. The Morgan fingerprint density at radius 2 is 1.88 bits per heavy atom. The zero-order chi connectivity index (χ0) is 18.4. The molecule has 0 spiro atoms. The fraction of sp³-hybridized carbons (Fsp3) is 0.294. The Labute approximate surface area is 149 Å². The second-order valence-electron chi connectivity index (χ2n) is 5.55. The van der Waals surface area contributed by atoms with E-state index in [1.54, 1.807) is 20.8 Å². The van der Waals surface area contributed by atoms with Crippen molar-refractivity contribution in [1.29, 1.82) is 0 Å². The normalized spacial score (nSPS) is 10.4. The molecule has 7 nitrogen and oxygen atoms in total. The van der Waals surface area contributed by atoms with Crippen molar-refractivity contribution in [3.05, 3.63) is 40.9 Å². The summed E-state index contributed by atoms with van der Waals surface area (Å²) in [6, 6.07) is 8.73. The van der Waals surface area contributed by atoms with Gasteiger partial charge in [0.25, 0.3) is 5.91 Å². The van der Waals surface area contributed by atoms with Gasteiger partial charge in [0.05, 0.1) is 5.69 Å². The van der Waals surface area contributed by atoms with Gasteiger partial charge in [0, 0.05) is 11.6 Å². The first kappa shape index (κ1) is 18.6. The van der Waals surface area contributed by atoms with Gasteiger partial charge < -0.3 is 10.1 Å². The molecule has 132 valence electrons. The van der Waals surface area contributed by atoms with Crippen LogP contribution in [-0.2, 0) is 9.53 Å². The first-order valence-corrected chi connectivity index (χ1v) is 8.48. The van der Waals surface area contributed by atoms with Crippen LogP contribution in [0, 0.1) is 6.92 Å². The van der Waals surface area contributed by atoms with E-state index in [0.29, 0.717) is 15.6 Å². The van der Waals surface area contributed by atoms with E-state index in [1.165, 1.54) is 11.3 Å². The molecule has 1 aromatic heterocycles. The molecule has 0 aliphatic heterocycles. The zero-order valence-corrected chi connectivity index (χ0v) is 15.0. The van der Waals surface area contributed by atoms with Crippen LogP contribution in [0.1, 0.15) is 29.2 Å². The Bertz CT molecular complexity index is 771. The molecule has 0 atom stereocenters. The number of aryl methyl sites for hydroxylation is 1. The van der Waals surface area contributed by atoms with Crippen LogP contribution in [0.25, 0.3) is 10.6 Å². The van der Waals surface area contributed by atoms with Gasteiger partial charge in [0.2, 0.25) is 0 Å². The summed E-state index contributed by atoms with van der Waals surface area (Å²) in [6.45, 7) is 4.69. The number of hydrogen-bond acceptors (Lipinski definition) is 6. The molecule has 2 N–H and O–H groups in total. The van der Waals surface area contributed by atoms with Crippen LogP contribution in [0.2, 0.25) is 0 Å². The molecule has 8 heteroatoms. The van der Waals surface area contributed by atoms with E-state index in [9.17, 15) is 14.4 Å². The van der Waals surface area contributed by atoms with Gasteiger partial charge in [-0.2, -0.15) is 0 Å². The van der Waals surface area contributed by atoms with Gasteiger partial charge in [0.15, 0.2) is 6.61 Å². The second kappa shape index (κ2) is 8.39. The molecule has 2 rings (SSSR count). The molecule has 0 aliphatic rings. The highest BCUT2D eigenvalue weighted by molar-refractivity contribution is 7.17. The molecule has 1 heterocycles. The third-order valence-corrected chi connectivity index (χ3v) is 4.20. The van der Waals surface area contributed by atoms with Crippen LogP contribution < -0.4 is 10.6 Å². The van der Waals surface area contributed by atoms with E-state index in [2.05, 4.69) is 15.6 Å². The van der Waals surface area contributed by atoms with E-state index in [-0.39, 0.29) is 6.04 Å². The predicted molar refractivity (Wildman–Crippen MR) is 94.4 cm³/mol. The number of carbonyl (C=O) groups is 3. The highest BCUT2D eigenvalue weighted by atomic mass is 32.1. The SMILES string of the molecule is Cc1nc(-c2ccccc2)sc1C(=O)OCC(=O)NC(=O)NC(C)C. The van der Waals surface area contributed by atoms with Gasteiger partial charge in [-0.25, -0.2) is 14.6 Å². The number of imide groups is 1. The minimum Gasteiger partial charge on any atom is -0.451 e. The lowest BCUT2D eigenvalue weighted by molar-refractivity contribution is -0.123. The van der Waals surface area contributed by atoms with Crippen molar-refractivity contribution < 1.29 is 19.1 Å². The summed E-state index contributed by atoms with van der Waals surface area (Å²) in [5.74, 6) is -1.34. The van der Waals surface area contributed by atoms with Gasteiger partial charge in [-0.3, -0.25) is 10.1 Å². The van der Waals surface area contributed by atoms with Crippen LogP contribution in [0.5, 0.6) is 0 Å². The lowest BCUT2D eigenvalue weighted by Crippen LogP contribution is -2.44. The van der Waals surface area contributed by atoms with Crippen molar-refractivity contribution in [1.82, 2.24) is 15.6 Å². The van der Waals surface area contributed by atoms with Crippen LogP contribution in [0.15, 0.2) is 30.3 Å². The van der Waals surface area contributed by atoms with Crippen molar-refractivity contribution in [3.8, 4) is 10.6 Å². The molecule has 0 radical (unpaired) electrons. The Morgan fingerprint density at radius 3 is 2.52 bits per heavy atom. The number of nitrogens with zero attached hydrogens (tertiary/aromatic N) is 1. The second-order valence-corrected chi connectivity index (χ2v) is 6.55. The minimum atomic E-state index is -0.697. The van der Waals surface area contributed by atoms with Gasteiger partial charge in [-0.1, -0.05) is 30.3 Å². The Balaban J connectivity index is 1.94. The molecule has 0 fully saturated rings. The standard InChI is InChI=1S/C17H19N3O4S/c1-10(2)18-17(23)20-13(21)9-24-16(22)14-11(3)19-15(25-14)12-7-5-4-6-8-12/h4-8,10H,9H2,1-3H3,(H2,18,20,21,23). The number of hydrogen-bond donors (Lipinski definition) is 2. The average molecular weight is 361 g/mol. The predicted octanol–water partition coefficient (Wildman–Crippen LogP) is 2.51. The minimum absolute atomic E-state index is 0.105. The van der Waals surface area contributed by atoms with Crippen molar-refractivity contribution in [2.75, 3.05) is 6.61 Å². The van der Waals surface area contributed by atoms with Crippen molar-refractivity contribution in [2.24, 2.45) is 0 Å². The number of thiazole rings is 1. The van der Waals surface area contributed by atoms with E-state index in [4.69, 9.17) is 4.74 Å². The van der Waals surface area contributed by atoms with E-state index in [1.807, 2.05) is 30.3 Å². The summed E-state index contributed by atoms with van der Waals surface area (Å²) in [4.78, 5) is 39.9. The van der Waals surface area contributed by atoms with Crippen LogP contribution in [0.3, 0.4) is 0 Å². The fourth-order valence-corrected chi connectivity index (χ4v) is 2.91. The van der Waals surface area contributed by atoms with Crippen LogP contribution in [-0.4, -0.2) is 35.5 Å². The topological polar surface area (TPSA) is 97.4 Å². The molecule has 0 saturated heterocycles. The Hall–Kier alpha value is -2.74. The maximum absolute atomic E-state index is 12.1. The van der Waals surface area contributed by atoms with Crippen molar-refractivity contribution in [3.63, 3.8) is 0 Å². The Morgan fingerprint density at radius 1 is 1.20 bits per heavy atom. The van der Waals surface area contributed by atoms with E-state index in [0.717, 1.165) is 5.56 Å². The molecule has 2 aromatic rings. The fourth-order valence-electron chi connectivity index (χ4n) is 1.95. The number of amides is 3. The zero-order valence-electron chi connectivity index (χ0n) is 14.2. The maximum atomic E-state index is 12.1. The third kappa shape index (κ3) is 5.39. The average Bonchev–Trinajstić information content (AvgIpc) is 2.94. The summed E-state index contributed by atoms with van der Waals surface area (Å²) in [7, 11) is 0. The number of rotatable bonds is 5. The number of aromatic nitrogens is 1. The van der Waals surface area contributed by atoms with Crippen molar-refractivity contribution >= 4 is 29.2 Å². The molecule has 1 aromatic carbocycles. The number of urea groups is 1. The molecule has 0 aliphatic carbocycles. The highest BCUT2D eigenvalue weighted by Gasteiger charge is 2.19. The van der Waals surface area contributed by atoms with Crippen LogP contribution in [0.4, 0.5) is 4.79 Å². The lowest BCUT2D eigenvalue weighted by Gasteiger charge is -2.09. The molecule has 25 heavy (non-hydrogen) atoms. The molecular weight excluding hydrogens is 342 g/mol. The van der Waals surface area contributed by atoms with Gasteiger partial charge in [-0.15, -0.1) is 11.3 Å². The van der Waals surface area contributed by atoms with Gasteiger partial charge in [0.1, 0.15) is 9.88 Å². The quantitative estimate of drug-likeness (QED) is 0.798. The number of benzene rings is 1. The maximum Gasteiger partial charge on any atom is 0.350 e. The van der Waals surface area contributed by atoms with E-state index >= 15 is 0 Å². The summed E-state index contributed by atoms with van der Waals surface area (Å²) in [5, 5.41) is 5.29. The number of nitrogens with one attached hydrogen (secondary N) is 2. The molecule has 0 unspecified atom stereocenters. The monoisotopic (exact) mass is 361 g/mol. The van der Waals surface area contributed by atoms with Crippen LogP contribution >= 0.6 is 11.3 Å². The summed E-state index contributed by atoms with van der Waals surface area (Å²) < 4.78 is 4.97. The first-order valence-electron chi connectivity index (χ1n) is 7.67. The number of ether oxygens (including phenoxy) is 1. The van der Waals surface area contributed by atoms with Gasteiger partial charge >= 0.3 is 12.0 Å². The molecule has 0 saturated carbocycles. The Kier molecular flexibility index (Phi) is 6.24. The summed E-state index contributed by atoms with van der Waals surface area (Å²) in [6.07, 6.45) is 0. The van der Waals surface area contributed by atoms with Crippen molar-refractivity contribution in [2.45, 2.75) is 26.8 Å². The van der Waals surface area contributed by atoms with Gasteiger partial charge in [-0.05, 0) is 20.8 Å². The highest BCUT2D eigenvalue weighted by Crippen LogP contribution is 2.28. The first-order chi connectivity index (χ1) is 11.9. The summed E-state index contributed by atoms with van der Waals surface area (Å²) in [5.41, 5.74) is 1.43.